The van der Waals surface area contributed by atoms with Crippen LogP contribution in [0.15, 0.2) is 24.3 Å². The minimum absolute atomic E-state index is 0.0987. The molecule has 0 saturated carbocycles. The van der Waals surface area contributed by atoms with Gasteiger partial charge >= 0.3 is 0 Å². The first-order chi connectivity index (χ1) is 9.72. The van der Waals surface area contributed by atoms with E-state index in [1.807, 2.05) is 24.3 Å². The van der Waals surface area contributed by atoms with Crippen LogP contribution in [0.25, 0.3) is 0 Å². The second-order valence-electron chi connectivity index (χ2n) is 5.71. The van der Waals surface area contributed by atoms with E-state index < -0.39 is 0 Å². The van der Waals surface area contributed by atoms with Gasteiger partial charge in [0.15, 0.2) is 0 Å². The van der Waals surface area contributed by atoms with E-state index in [2.05, 4.69) is 27.9 Å². The van der Waals surface area contributed by atoms with Crippen LogP contribution < -0.4 is 16.0 Å². The summed E-state index contributed by atoms with van der Waals surface area (Å²) in [6, 6.07) is 8.12. The second-order valence-corrected chi connectivity index (χ2v) is 5.71. The molecule has 0 radical (unpaired) electrons. The van der Waals surface area contributed by atoms with Gasteiger partial charge < -0.3 is 20.9 Å². The van der Waals surface area contributed by atoms with E-state index in [0.717, 1.165) is 37.3 Å². The number of likely N-dealkylation sites (tertiary alicyclic amines) is 1. The lowest BCUT2D eigenvalue weighted by Gasteiger charge is -2.32. The Morgan fingerprint density at radius 2 is 1.95 bits per heavy atom. The quantitative estimate of drug-likeness (QED) is 0.756. The zero-order valence-electron chi connectivity index (χ0n) is 11.9. The molecule has 1 fully saturated rings. The number of carbonyl (C=O) groups excluding carboxylic acids is 1. The van der Waals surface area contributed by atoms with Crippen LogP contribution >= 0.6 is 0 Å². The second kappa shape index (κ2) is 5.71. The van der Waals surface area contributed by atoms with Gasteiger partial charge in [-0.25, -0.2) is 0 Å². The summed E-state index contributed by atoms with van der Waals surface area (Å²) in [5.41, 5.74) is 2.07. The summed E-state index contributed by atoms with van der Waals surface area (Å²) in [4.78, 5) is 14.6. The highest BCUT2D eigenvalue weighted by Gasteiger charge is 2.26. The molecule has 2 heterocycles. The average Bonchev–Trinajstić information content (AvgIpc) is 2.49. The molecule has 5 heteroatoms. The lowest BCUT2D eigenvalue weighted by molar-refractivity contribution is -0.122. The molecule has 1 saturated heterocycles. The number of nitrogens with zero attached hydrogens (tertiary/aromatic N) is 1. The molecule has 3 rings (SSSR count). The SMILES string of the molecule is CN1CCC(NC(=O)C2CNc3ccccc3N2)CC1. The number of benzene rings is 1. The van der Waals surface area contributed by atoms with Gasteiger partial charge in [0.25, 0.3) is 0 Å². The van der Waals surface area contributed by atoms with Crippen molar-refractivity contribution < 1.29 is 4.79 Å². The predicted molar refractivity (Wildman–Crippen MR) is 81.0 cm³/mol. The van der Waals surface area contributed by atoms with Crippen molar-refractivity contribution in [1.29, 1.82) is 0 Å². The van der Waals surface area contributed by atoms with Crippen LogP contribution in [0.1, 0.15) is 12.8 Å². The average molecular weight is 274 g/mol. The topological polar surface area (TPSA) is 56.4 Å². The van der Waals surface area contributed by atoms with E-state index >= 15 is 0 Å². The minimum atomic E-state index is -0.190. The number of amides is 1. The Hall–Kier alpha value is -1.75. The molecule has 1 aromatic rings. The van der Waals surface area contributed by atoms with E-state index in [-0.39, 0.29) is 11.9 Å². The van der Waals surface area contributed by atoms with Crippen molar-refractivity contribution in [3.05, 3.63) is 24.3 Å². The van der Waals surface area contributed by atoms with E-state index in [1.165, 1.54) is 0 Å². The maximum atomic E-state index is 12.3. The summed E-state index contributed by atoms with van der Waals surface area (Å²) in [6.45, 7) is 2.75. The number of nitrogens with one attached hydrogen (secondary N) is 3. The summed E-state index contributed by atoms with van der Waals surface area (Å²) >= 11 is 0. The van der Waals surface area contributed by atoms with Gasteiger partial charge in [-0.2, -0.15) is 0 Å². The van der Waals surface area contributed by atoms with E-state index in [9.17, 15) is 4.79 Å². The van der Waals surface area contributed by atoms with Crippen molar-refractivity contribution in [2.75, 3.05) is 37.3 Å². The number of anilines is 2. The summed E-state index contributed by atoms with van der Waals surface area (Å²) < 4.78 is 0. The molecule has 5 nitrogen and oxygen atoms in total. The highest BCUT2D eigenvalue weighted by atomic mass is 16.2. The standard InChI is InChI=1S/C15H22N4O/c1-19-8-6-11(7-9-19)17-15(20)14-10-16-12-4-2-3-5-13(12)18-14/h2-5,11,14,16,18H,6-10H2,1H3,(H,17,20). The number of piperidine rings is 1. The van der Waals surface area contributed by atoms with Gasteiger partial charge in [-0.05, 0) is 45.1 Å². The lowest BCUT2D eigenvalue weighted by atomic mass is 10.0. The van der Waals surface area contributed by atoms with Crippen LogP contribution in [0, 0.1) is 0 Å². The van der Waals surface area contributed by atoms with E-state index in [0.29, 0.717) is 12.6 Å². The summed E-state index contributed by atoms with van der Waals surface area (Å²) in [5, 5.41) is 9.79. The van der Waals surface area contributed by atoms with Crippen LogP contribution in [0.3, 0.4) is 0 Å². The maximum absolute atomic E-state index is 12.3. The Balaban J connectivity index is 1.56. The van der Waals surface area contributed by atoms with Gasteiger partial charge in [-0.1, -0.05) is 12.1 Å². The monoisotopic (exact) mass is 274 g/mol. The Bertz CT molecular complexity index is 483. The molecule has 1 amide bonds. The predicted octanol–water partition coefficient (Wildman–Crippen LogP) is 1.10. The number of fused-ring (bicyclic) bond motifs is 1. The Kier molecular flexibility index (Phi) is 3.78. The fraction of sp³-hybridized carbons (Fsp3) is 0.533. The van der Waals surface area contributed by atoms with Crippen molar-refractivity contribution >= 4 is 17.3 Å². The van der Waals surface area contributed by atoms with Crippen LogP contribution in [0.2, 0.25) is 0 Å². The fourth-order valence-electron chi connectivity index (χ4n) is 2.83. The Morgan fingerprint density at radius 1 is 1.25 bits per heavy atom. The van der Waals surface area contributed by atoms with Crippen LogP contribution in [0.5, 0.6) is 0 Å². The highest BCUT2D eigenvalue weighted by Crippen LogP contribution is 2.25. The van der Waals surface area contributed by atoms with Gasteiger partial charge in [0.2, 0.25) is 5.91 Å². The number of para-hydroxylation sites is 2. The number of hydrogen-bond donors (Lipinski definition) is 3. The van der Waals surface area contributed by atoms with Crippen molar-refractivity contribution in [1.82, 2.24) is 10.2 Å². The molecule has 1 unspecified atom stereocenters. The van der Waals surface area contributed by atoms with Gasteiger partial charge in [0, 0.05) is 12.6 Å². The first-order valence-electron chi connectivity index (χ1n) is 7.31. The summed E-state index contributed by atoms with van der Waals surface area (Å²) in [6.07, 6.45) is 2.08. The van der Waals surface area contributed by atoms with Crippen molar-refractivity contribution in [2.45, 2.75) is 24.9 Å². The lowest BCUT2D eigenvalue weighted by Crippen LogP contribution is -2.51. The first kappa shape index (κ1) is 13.2. The summed E-state index contributed by atoms with van der Waals surface area (Å²) in [7, 11) is 2.13. The molecule has 0 aliphatic carbocycles. The summed E-state index contributed by atoms with van der Waals surface area (Å²) in [5.74, 6) is 0.0987. The highest BCUT2D eigenvalue weighted by molar-refractivity contribution is 5.88. The van der Waals surface area contributed by atoms with Crippen molar-refractivity contribution in [3.63, 3.8) is 0 Å². The first-order valence-corrected chi connectivity index (χ1v) is 7.31. The third-order valence-electron chi connectivity index (χ3n) is 4.13. The third-order valence-corrected chi connectivity index (χ3v) is 4.13. The molecular weight excluding hydrogens is 252 g/mol. The Morgan fingerprint density at radius 3 is 2.70 bits per heavy atom. The number of hydrogen-bond acceptors (Lipinski definition) is 4. The van der Waals surface area contributed by atoms with Crippen LogP contribution in [0.4, 0.5) is 11.4 Å². The molecule has 0 bridgehead atoms. The Labute approximate surface area is 119 Å². The van der Waals surface area contributed by atoms with Crippen molar-refractivity contribution in [3.8, 4) is 0 Å². The van der Waals surface area contributed by atoms with Gasteiger partial charge in [-0.3, -0.25) is 4.79 Å². The molecular formula is C15H22N4O. The number of rotatable bonds is 2. The molecule has 0 spiro atoms. The van der Waals surface area contributed by atoms with Crippen LogP contribution in [-0.4, -0.2) is 49.6 Å². The number of carbonyl (C=O) groups is 1. The van der Waals surface area contributed by atoms with Gasteiger partial charge in [0.05, 0.1) is 11.4 Å². The largest absolute Gasteiger partial charge is 0.381 e. The third kappa shape index (κ3) is 2.88. The molecule has 2 aliphatic rings. The van der Waals surface area contributed by atoms with Crippen molar-refractivity contribution in [2.24, 2.45) is 0 Å². The molecule has 20 heavy (non-hydrogen) atoms. The van der Waals surface area contributed by atoms with Crippen LogP contribution in [-0.2, 0) is 4.79 Å². The zero-order valence-corrected chi connectivity index (χ0v) is 11.9. The fourth-order valence-corrected chi connectivity index (χ4v) is 2.83. The zero-order chi connectivity index (χ0) is 13.9. The molecule has 1 aromatic carbocycles. The molecule has 1 atom stereocenters. The van der Waals surface area contributed by atoms with E-state index in [4.69, 9.17) is 0 Å². The molecule has 3 N–H and O–H groups in total. The maximum Gasteiger partial charge on any atom is 0.244 e. The molecule has 2 aliphatic heterocycles. The molecule has 0 aromatic heterocycles. The normalized spacial score (nSPS) is 23.4. The van der Waals surface area contributed by atoms with Gasteiger partial charge in [-0.15, -0.1) is 0 Å². The van der Waals surface area contributed by atoms with Gasteiger partial charge in [0.1, 0.15) is 6.04 Å². The molecule has 108 valence electrons. The van der Waals surface area contributed by atoms with E-state index in [1.54, 1.807) is 0 Å². The smallest absolute Gasteiger partial charge is 0.244 e. The minimum Gasteiger partial charge on any atom is -0.381 e.